The number of rotatable bonds is 2. The predicted molar refractivity (Wildman–Crippen MR) is 63.8 cm³/mol. The van der Waals surface area contributed by atoms with Crippen LogP contribution in [0.5, 0.6) is 0 Å². The van der Waals surface area contributed by atoms with Crippen molar-refractivity contribution in [3.63, 3.8) is 0 Å². The molecule has 0 unspecified atom stereocenters. The molecule has 0 radical (unpaired) electrons. The lowest BCUT2D eigenvalue weighted by molar-refractivity contribution is 0.0899. The lowest BCUT2D eigenvalue weighted by Gasteiger charge is -2.14. The second-order valence-corrected chi connectivity index (χ2v) is 4.20. The number of carbonyl (C=O) groups is 1. The SMILES string of the molecule is Cc1cccc(C(=O)C2=CCCCO2)c1Cl. The third-order valence-electron chi connectivity index (χ3n) is 2.60. The van der Waals surface area contributed by atoms with Gasteiger partial charge in [0.2, 0.25) is 5.78 Å². The number of allylic oxidation sites excluding steroid dienone is 2. The quantitative estimate of drug-likeness (QED) is 0.735. The fourth-order valence-corrected chi connectivity index (χ4v) is 1.88. The molecule has 2 rings (SSSR count). The Kier molecular flexibility index (Phi) is 3.30. The lowest BCUT2D eigenvalue weighted by Crippen LogP contribution is -2.12. The van der Waals surface area contributed by atoms with Gasteiger partial charge in [-0.2, -0.15) is 0 Å². The molecule has 2 nitrogen and oxygen atoms in total. The number of ether oxygens (including phenoxy) is 1. The van der Waals surface area contributed by atoms with Crippen LogP contribution in [-0.2, 0) is 4.74 Å². The summed E-state index contributed by atoms with van der Waals surface area (Å²) in [7, 11) is 0. The maximum absolute atomic E-state index is 12.1. The molecular weight excluding hydrogens is 224 g/mol. The van der Waals surface area contributed by atoms with E-state index in [-0.39, 0.29) is 5.78 Å². The molecule has 1 aromatic rings. The average molecular weight is 237 g/mol. The van der Waals surface area contributed by atoms with Gasteiger partial charge in [0.05, 0.1) is 11.6 Å². The van der Waals surface area contributed by atoms with Crippen LogP contribution in [0.2, 0.25) is 5.02 Å². The highest BCUT2D eigenvalue weighted by atomic mass is 35.5. The number of hydrogen-bond acceptors (Lipinski definition) is 2. The third kappa shape index (κ3) is 2.12. The normalized spacial score (nSPS) is 15.2. The summed E-state index contributed by atoms with van der Waals surface area (Å²) in [5.74, 6) is 0.312. The molecule has 0 amide bonds. The number of hydrogen-bond donors (Lipinski definition) is 0. The smallest absolute Gasteiger partial charge is 0.228 e. The van der Waals surface area contributed by atoms with Crippen LogP contribution in [0.15, 0.2) is 30.0 Å². The summed E-state index contributed by atoms with van der Waals surface area (Å²) in [6.07, 6.45) is 3.70. The van der Waals surface area contributed by atoms with E-state index in [1.807, 2.05) is 25.1 Å². The van der Waals surface area contributed by atoms with E-state index in [1.54, 1.807) is 6.07 Å². The molecule has 0 spiro atoms. The Morgan fingerprint density at radius 1 is 1.44 bits per heavy atom. The van der Waals surface area contributed by atoms with Crippen LogP contribution < -0.4 is 0 Å². The Labute approximate surface area is 99.9 Å². The number of halogens is 1. The van der Waals surface area contributed by atoms with Crippen LogP contribution in [0.25, 0.3) is 0 Å². The van der Waals surface area contributed by atoms with Gasteiger partial charge in [-0.25, -0.2) is 0 Å². The van der Waals surface area contributed by atoms with E-state index in [0.29, 0.717) is 23.0 Å². The fraction of sp³-hybridized carbons (Fsp3) is 0.308. The first-order chi connectivity index (χ1) is 7.70. The van der Waals surface area contributed by atoms with Crippen LogP contribution in [-0.4, -0.2) is 12.4 Å². The molecule has 0 bridgehead atoms. The van der Waals surface area contributed by atoms with E-state index in [2.05, 4.69) is 0 Å². The van der Waals surface area contributed by atoms with E-state index in [0.717, 1.165) is 18.4 Å². The molecule has 0 N–H and O–H groups in total. The van der Waals surface area contributed by atoms with Gasteiger partial charge in [0.1, 0.15) is 0 Å². The molecule has 16 heavy (non-hydrogen) atoms. The topological polar surface area (TPSA) is 26.3 Å². The zero-order chi connectivity index (χ0) is 11.5. The molecule has 1 heterocycles. The van der Waals surface area contributed by atoms with E-state index < -0.39 is 0 Å². The van der Waals surface area contributed by atoms with Gasteiger partial charge in [-0.15, -0.1) is 0 Å². The Morgan fingerprint density at radius 3 is 2.94 bits per heavy atom. The highest BCUT2D eigenvalue weighted by Gasteiger charge is 2.19. The van der Waals surface area contributed by atoms with Crippen molar-refractivity contribution >= 4 is 17.4 Å². The summed E-state index contributed by atoms with van der Waals surface area (Å²) in [6.45, 7) is 2.50. The number of carbonyl (C=O) groups excluding carboxylic acids is 1. The highest BCUT2D eigenvalue weighted by Crippen LogP contribution is 2.24. The molecule has 84 valence electrons. The van der Waals surface area contributed by atoms with E-state index in [4.69, 9.17) is 16.3 Å². The molecule has 0 aromatic heterocycles. The summed E-state index contributed by atoms with van der Waals surface area (Å²) >= 11 is 6.10. The Hall–Kier alpha value is -1.28. The molecule has 0 fully saturated rings. The summed E-state index contributed by atoms with van der Waals surface area (Å²) in [4.78, 5) is 12.1. The van der Waals surface area contributed by atoms with Gasteiger partial charge in [0.25, 0.3) is 0 Å². The second-order valence-electron chi connectivity index (χ2n) is 3.82. The van der Waals surface area contributed by atoms with Gasteiger partial charge in [0, 0.05) is 5.56 Å². The summed E-state index contributed by atoms with van der Waals surface area (Å²) in [6, 6.07) is 5.45. The van der Waals surface area contributed by atoms with Gasteiger partial charge >= 0.3 is 0 Å². The molecule has 0 atom stereocenters. The van der Waals surface area contributed by atoms with Gasteiger partial charge in [-0.1, -0.05) is 23.7 Å². The minimum Gasteiger partial charge on any atom is -0.490 e. The second kappa shape index (κ2) is 4.71. The first kappa shape index (κ1) is 11.2. The van der Waals surface area contributed by atoms with E-state index in [1.165, 1.54) is 0 Å². The lowest BCUT2D eigenvalue weighted by atomic mass is 10.0. The van der Waals surface area contributed by atoms with Gasteiger partial charge in [-0.05, 0) is 37.5 Å². The number of ketones is 1. The van der Waals surface area contributed by atoms with Crippen molar-refractivity contribution in [1.82, 2.24) is 0 Å². The molecule has 1 aromatic carbocycles. The monoisotopic (exact) mass is 236 g/mol. The van der Waals surface area contributed by atoms with Crippen LogP contribution in [0, 0.1) is 6.92 Å². The van der Waals surface area contributed by atoms with Gasteiger partial charge in [0.15, 0.2) is 5.76 Å². The minimum absolute atomic E-state index is 0.117. The van der Waals surface area contributed by atoms with Crippen molar-refractivity contribution in [2.24, 2.45) is 0 Å². The summed E-state index contributed by atoms with van der Waals surface area (Å²) < 4.78 is 5.34. The number of Topliss-reactive ketones (excluding diaryl/α,β-unsaturated/α-hetero) is 1. The standard InChI is InChI=1S/C13H13ClO2/c1-9-5-4-6-10(12(9)14)13(15)11-7-2-3-8-16-11/h4-7H,2-3,8H2,1H3. The molecule has 0 saturated carbocycles. The van der Waals surface area contributed by atoms with E-state index in [9.17, 15) is 4.79 Å². The summed E-state index contributed by atoms with van der Waals surface area (Å²) in [5, 5.41) is 0.516. The van der Waals surface area contributed by atoms with Crippen molar-refractivity contribution in [3.05, 3.63) is 46.2 Å². The van der Waals surface area contributed by atoms with Gasteiger partial charge in [-0.3, -0.25) is 4.79 Å². The minimum atomic E-state index is -0.117. The molecule has 0 aliphatic carbocycles. The van der Waals surface area contributed by atoms with Crippen molar-refractivity contribution in [3.8, 4) is 0 Å². The molecule has 1 aliphatic heterocycles. The van der Waals surface area contributed by atoms with Crippen LogP contribution in [0.4, 0.5) is 0 Å². The summed E-state index contributed by atoms with van der Waals surface area (Å²) in [5.41, 5.74) is 1.43. The maximum Gasteiger partial charge on any atom is 0.228 e. The van der Waals surface area contributed by atoms with Crippen LogP contribution in [0.3, 0.4) is 0 Å². The Morgan fingerprint density at radius 2 is 2.25 bits per heavy atom. The van der Waals surface area contributed by atoms with Gasteiger partial charge < -0.3 is 4.74 Å². The molecular formula is C13H13ClO2. The molecule has 0 saturated heterocycles. The van der Waals surface area contributed by atoms with Crippen LogP contribution >= 0.6 is 11.6 Å². The fourth-order valence-electron chi connectivity index (χ4n) is 1.67. The number of benzene rings is 1. The van der Waals surface area contributed by atoms with Crippen molar-refractivity contribution in [2.75, 3.05) is 6.61 Å². The number of aryl methyl sites for hydroxylation is 1. The largest absolute Gasteiger partial charge is 0.490 e. The zero-order valence-corrected chi connectivity index (χ0v) is 9.88. The average Bonchev–Trinajstić information content (AvgIpc) is 2.33. The first-order valence-corrected chi connectivity index (χ1v) is 5.70. The molecule has 1 aliphatic rings. The Balaban J connectivity index is 2.33. The predicted octanol–water partition coefficient (Wildman–Crippen LogP) is 3.53. The molecule has 3 heteroatoms. The maximum atomic E-state index is 12.1. The van der Waals surface area contributed by atoms with E-state index >= 15 is 0 Å². The van der Waals surface area contributed by atoms with Crippen molar-refractivity contribution in [1.29, 1.82) is 0 Å². The Bertz CT molecular complexity index is 449. The highest BCUT2D eigenvalue weighted by molar-refractivity contribution is 6.35. The zero-order valence-electron chi connectivity index (χ0n) is 9.13. The van der Waals surface area contributed by atoms with Crippen molar-refractivity contribution in [2.45, 2.75) is 19.8 Å². The van der Waals surface area contributed by atoms with Crippen molar-refractivity contribution < 1.29 is 9.53 Å². The van der Waals surface area contributed by atoms with Crippen LogP contribution in [0.1, 0.15) is 28.8 Å². The first-order valence-electron chi connectivity index (χ1n) is 5.33. The third-order valence-corrected chi connectivity index (χ3v) is 3.10.